The lowest BCUT2D eigenvalue weighted by Gasteiger charge is -1.96. The van der Waals surface area contributed by atoms with Crippen molar-refractivity contribution in [1.82, 2.24) is 4.73 Å². The molecular formula is C11H10N2O. The summed E-state index contributed by atoms with van der Waals surface area (Å²) in [4.78, 5) is 4.25. The molecule has 0 atom stereocenters. The van der Waals surface area contributed by atoms with E-state index in [0.29, 0.717) is 5.49 Å². The van der Waals surface area contributed by atoms with E-state index in [1.807, 2.05) is 36.4 Å². The lowest BCUT2D eigenvalue weighted by Crippen LogP contribution is -2.16. The zero-order chi connectivity index (χ0) is 9.80. The van der Waals surface area contributed by atoms with Crippen LogP contribution in [0.3, 0.4) is 0 Å². The minimum atomic E-state index is 0.513. The highest BCUT2D eigenvalue weighted by molar-refractivity contribution is 5.35. The van der Waals surface area contributed by atoms with Gasteiger partial charge >= 0.3 is 0 Å². The summed E-state index contributed by atoms with van der Waals surface area (Å²) in [6.07, 6.45) is 1.54. The summed E-state index contributed by atoms with van der Waals surface area (Å²) in [5, 5.41) is 9.39. The van der Waals surface area contributed by atoms with Gasteiger partial charge in [-0.2, -0.15) is 4.73 Å². The first kappa shape index (κ1) is 8.56. The maximum atomic E-state index is 9.39. The SMILES string of the molecule is On1ccccc1=Nc1ccccc1. The fourth-order valence-corrected chi connectivity index (χ4v) is 1.15. The normalized spacial score (nSPS) is 11.6. The molecule has 0 amide bonds. The van der Waals surface area contributed by atoms with Gasteiger partial charge in [-0.15, -0.1) is 0 Å². The number of nitrogens with zero attached hydrogens (tertiary/aromatic N) is 2. The second-order valence-electron chi connectivity index (χ2n) is 2.85. The van der Waals surface area contributed by atoms with Gasteiger partial charge in [-0.05, 0) is 24.3 Å². The largest absolute Gasteiger partial charge is 0.427 e. The Labute approximate surface area is 81.6 Å². The van der Waals surface area contributed by atoms with E-state index >= 15 is 0 Å². The molecular weight excluding hydrogens is 176 g/mol. The lowest BCUT2D eigenvalue weighted by atomic mass is 10.3. The van der Waals surface area contributed by atoms with E-state index in [2.05, 4.69) is 4.99 Å². The molecule has 1 aromatic heterocycles. The van der Waals surface area contributed by atoms with Crippen molar-refractivity contribution < 1.29 is 5.21 Å². The molecule has 0 saturated carbocycles. The lowest BCUT2D eigenvalue weighted by molar-refractivity contribution is 0.172. The molecule has 1 heterocycles. The van der Waals surface area contributed by atoms with Crippen molar-refractivity contribution in [3.05, 3.63) is 60.2 Å². The summed E-state index contributed by atoms with van der Waals surface area (Å²) in [5.41, 5.74) is 1.33. The Morgan fingerprint density at radius 3 is 2.36 bits per heavy atom. The molecule has 14 heavy (non-hydrogen) atoms. The van der Waals surface area contributed by atoms with Gasteiger partial charge in [-0.1, -0.05) is 24.3 Å². The monoisotopic (exact) mass is 186 g/mol. The van der Waals surface area contributed by atoms with Crippen LogP contribution in [0.2, 0.25) is 0 Å². The highest BCUT2D eigenvalue weighted by atomic mass is 16.5. The van der Waals surface area contributed by atoms with E-state index in [1.165, 1.54) is 0 Å². The first-order valence-corrected chi connectivity index (χ1v) is 4.33. The van der Waals surface area contributed by atoms with Crippen molar-refractivity contribution in [2.24, 2.45) is 4.99 Å². The fraction of sp³-hybridized carbons (Fsp3) is 0. The molecule has 3 nitrogen and oxygen atoms in total. The van der Waals surface area contributed by atoms with Crippen molar-refractivity contribution in [2.45, 2.75) is 0 Å². The third-order valence-electron chi connectivity index (χ3n) is 1.82. The Kier molecular flexibility index (Phi) is 2.32. The molecule has 0 aliphatic carbocycles. The molecule has 0 spiro atoms. The van der Waals surface area contributed by atoms with Crippen LogP contribution < -0.4 is 5.49 Å². The van der Waals surface area contributed by atoms with Gasteiger partial charge in [0.25, 0.3) is 0 Å². The highest BCUT2D eigenvalue weighted by Crippen LogP contribution is 2.07. The van der Waals surface area contributed by atoms with Gasteiger partial charge in [0, 0.05) is 6.20 Å². The fourth-order valence-electron chi connectivity index (χ4n) is 1.15. The Bertz CT molecular complexity index is 474. The van der Waals surface area contributed by atoms with Gasteiger partial charge in [0.05, 0.1) is 5.69 Å². The van der Waals surface area contributed by atoms with E-state index in [4.69, 9.17) is 0 Å². The van der Waals surface area contributed by atoms with Crippen LogP contribution in [0.25, 0.3) is 0 Å². The summed E-state index contributed by atoms with van der Waals surface area (Å²) in [6.45, 7) is 0. The molecule has 0 unspecified atom stereocenters. The van der Waals surface area contributed by atoms with E-state index in [1.54, 1.807) is 18.3 Å². The van der Waals surface area contributed by atoms with Crippen LogP contribution >= 0.6 is 0 Å². The molecule has 1 N–H and O–H groups in total. The highest BCUT2D eigenvalue weighted by Gasteiger charge is 1.88. The van der Waals surface area contributed by atoms with Crippen LogP contribution in [0.5, 0.6) is 0 Å². The van der Waals surface area contributed by atoms with Crippen molar-refractivity contribution >= 4 is 5.69 Å². The van der Waals surface area contributed by atoms with Gasteiger partial charge in [0.2, 0.25) is 0 Å². The third-order valence-corrected chi connectivity index (χ3v) is 1.82. The summed E-state index contributed by atoms with van der Waals surface area (Å²) in [7, 11) is 0. The predicted molar refractivity (Wildman–Crippen MR) is 53.3 cm³/mol. The predicted octanol–water partition coefficient (Wildman–Crippen LogP) is 1.96. The smallest absolute Gasteiger partial charge is 0.168 e. The number of pyridine rings is 1. The molecule has 3 heteroatoms. The van der Waals surface area contributed by atoms with Crippen molar-refractivity contribution in [1.29, 1.82) is 0 Å². The quantitative estimate of drug-likeness (QED) is 0.679. The average Bonchev–Trinajstić information content (AvgIpc) is 2.23. The maximum absolute atomic E-state index is 9.39. The Balaban J connectivity index is 2.51. The van der Waals surface area contributed by atoms with Crippen LogP contribution in [0.15, 0.2) is 59.7 Å². The number of para-hydroxylation sites is 1. The summed E-state index contributed by atoms with van der Waals surface area (Å²) < 4.78 is 0.993. The zero-order valence-electron chi connectivity index (χ0n) is 7.54. The summed E-state index contributed by atoms with van der Waals surface area (Å²) in [5.74, 6) is 0. The molecule has 0 fully saturated rings. The second-order valence-corrected chi connectivity index (χ2v) is 2.85. The Hall–Kier alpha value is -2.03. The number of aromatic nitrogens is 1. The van der Waals surface area contributed by atoms with Crippen LogP contribution in [0.1, 0.15) is 0 Å². The van der Waals surface area contributed by atoms with E-state index in [9.17, 15) is 5.21 Å². The van der Waals surface area contributed by atoms with Crippen LogP contribution in [-0.2, 0) is 0 Å². The Morgan fingerprint density at radius 1 is 0.929 bits per heavy atom. The van der Waals surface area contributed by atoms with Crippen LogP contribution in [-0.4, -0.2) is 9.94 Å². The molecule has 0 aliphatic heterocycles. The topological polar surface area (TPSA) is 37.5 Å². The van der Waals surface area contributed by atoms with Gasteiger partial charge < -0.3 is 5.21 Å². The van der Waals surface area contributed by atoms with Gasteiger partial charge in [-0.3, -0.25) is 0 Å². The number of benzene rings is 1. The molecule has 0 aliphatic rings. The standard InChI is InChI=1S/C11H10N2O/c14-13-9-5-4-8-11(13)12-10-6-2-1-3-7-10/h1-9,14H. The number of rotatable bonds is 1. The van der Waals surface area contributed by atoms with E-state index < -0.39 is 0 Å². The van der Waals surface area contributed by atoms with E-state index in [0.717, 1.165) is 10.4 Å². The van der Waals surface area contributed by atoms with E-state index in [-0.39, 0.29) is 0 Å². The third kappa shape index (κ3) is 1.82. The summed E-state index contributed by atoms with van der Waals surface area (Å²) >= 11 is 0. The van der Waals surface area contributed by atoms with Crippen molar-refractivity contribution in [2.75, 3.05) is 0 Å². The average molecular weight is 186 g/mol. The molecule has 0 radical (unpaired) electrons. The minimum absolute atomic E-state index is 0.513. The van der Waals surface area contributed by atoms with Crippen LogP contribution in [0, 0.1) is 0 Å². The summed E-state index contributed by atoms with van der Waals surface area (Å²) in [6, 6.07) is 14.8. The first-order valence-electron chi connectivity index (χ1n) is 4.33. The molecule has 2 aromatic rings. The Morgan fingerprint density at radius 2 is 1.64 bits per heavy atom. The van der Waals surface area contributed by atoms with Gasteiger partial charge in [-0.25, -0.2) is 4.99 Å². The molecule has 2 rings (SSSR count). The van der Waals surface area contributed by atoms with Crippen molar-refractivity contribution in [3.63, 3.8) is 0 Å². The maximum Gasteiger partial charge on any atom is 0.168 e. The molecule has 70 valence electrons. The molecule has 0 bridgehead atoms. The van der Waals surface area contributed by atoms with Gasteiger partial charge in [0.15, 0.2) is 5.49 Å². The van der Waals surface area contributed by atoms with Gasteiger partial charge in [0.1, 0.15) is 0 Å². The second kappa shape index (κ2) is 3.79. The minimum Gasteiger partial charge on any atom is -0.427 e. The molecule has 1 aromatic carbocycles. The zero-order valence-corrected chi connectivity index (χ0v) is 7.54. The number of hydrogen-bond donors (Lipinski definition) is 1. The van der Waals surface area contributed by atoms with Crippen LogP contribution in [0.4, 0.5) is 5.69 Å². The molecule has 0 saturated heterocycles. The van der Waals surface area contributed by atoms with Crippen molar-refractivity contribution in [3.8, 4) is 0 Å². The number of hydrogen-bond acceptors (Lipinski definition) is 2. The first-order chi connectivity index (χ1) is 6.86.